The van der Waals surface area contributed by atoms with Gasteiger partial charge in [-0.2, -0.15) is 0 Å². The van der Waals surface area contributed by atoms with Gasteiger partial charge in [-0.15, -0.1) is 0 Å². The molecule has 6 heteroatoms. The molecule has 0 spiro atoms. The maximum Gasteiger partial charge on any atom is 0.253 e. The van der Waals surface area contributed by atoms with Crippen LogP contribution in [0.15, 0.2) is 36.5 Å². The van der Waals surface area contributed by atoms with Crippen LogP contribution in [0.3, 0.4) is 0 Å². The van der Waals surface area contributed by atoms with Crippen LogP contribution in [-0.4, -0.2) is 22.5 Å². The van der Waals surface area contributed by atoms with Gasteiger partial charge < -0.3 is 11.1 Å². The van der Waals surface area contributed by atoms with Crippen LogP contribution in [0.1, 0.15) is 48.8 Å². The molecule has 0 saturated carbocycles. The third kappa shape index (κ3) is 5.88. The summed E-state index contributed by atoms with van der Waals surface area (Å²) in [4.78, 5) is 16.7. The summed E-state index contributed by atoms with van der Waals surface area (Å²) in [5.74, 6) is -1.14. The van der Waals surface area contributed by atoms with Gasteiger partial charge in [0.05, 0.1) is 11.3 Å². The van der Waals surface area contributed by atoms with Crippen LogP contribution in [0.4, 0.5) is 8.78 Å². The third-order valence-corrected chi connectivity index (χ3v) is 3.87. The zero-order chi connectivity index (χ0) is 19.3. The highest BCUT2D eigenvalue weighted by molar-refractivity contribution is 5.95. The van der Waals surface area contributed by atoms with Gasteiger partial charge in [0.25, 0.3) is 5.91 Å². The second-order valence-corrected chi connectivity index (χ2v) is 7.44. The maximum atomic E-state index is 13.7. The molecule has 0 fully saturated rings. The molecule has 3 N–H and O–H groups in total. The van der Waals surface area contributed by atoms with Crippen LogP contribution in [0.5, 0.6) is 0 Å². The molecular formula is C20H25F2N3O. The lowest BCUT2D eigenvalue weighted by atomic mass is 9.99. The van der Waals surface area contributed by atoms with E-state index >= 15 is 0 Å². The maximum absolute atomic E-state index is 13.7. The van der Waals surface area contributed by atoms with Gasteiger partial charge in [0.1, 0.15) is 11.6 Å². The first-order valence-corrected chi connectivity index (χ1v) is 8.61. The second-order valence-electron chi connectivity index (χ2n) is 7.44. The average Bonchev–Trinajstić information content (AvgIpc) is 2.55. The van der Waals surface area contributed by atoms with Gasteiger partial charge in [0.2, 0.25) is 0 Å². The van der Waals surface area contributed by atoms with E-state index in [4.69, 9.17) is 5.73 Å². The van der Waals surface area contributed by atoms with Gasteiger partial charge in [-0.05, 0) is 75.9 Å². The summed E-state index contributed by atoms with van der Waals surface area (Å²) >= 11 is 0. The van der Waals surface area contributed by atoms with Gasteiger partial charge in [0, 0.05) is 17.8 Å². The summed E-state index contributed by atoms with van der Waals surface area (Å²) in [6.07, 6.45) is 2.83. The van der Waals surface area contributed by atoms with E-state index in [0.29, 0.717) is 24.1 Å². The third-order valence-electron chi connectivity index (χ3n) is 3.87. The molecule has 0 saturated heterocycles. The Kier molecular flexibility index (Phi) is 6.42. The number of nitrogens with two attached hydrogens (primary N) is 1. The van der Waals surface area contributed by atoms with Crippen LogP contribution in [0.25, 0.3) is 0 Å². The first-order chi connectivity index (χ1) is 12.2. The van der Waals surface area contributed by atoms with Crippen molar-refractivity contribution in [1.82, 2.24) is 10.3 Å². The molecule has 26 heavy (non-hydrogen) atoms. The monoisotopic (exact) mass is 361 g/mol. The Bertz CT molecular complexity index is 772. The molecule has 0 radical (unpaired) electrons. The van der Waals surface area contributed by atoms with E-state index < -0.39 is 11.6 Å². The zero-order valence-corrected chi connectivity index (χ0v) is 15.4. The van der Waals surface area contributed by atoms with E-state index in [2.05, 4.69) is 10.3 Å². The molecule has 0 bridgehead atoms. The fourth-order valence-corrected chi connectivity index (χ4v) is 2.66. The van der Waals surface area contributed by atoms with Crippen molar-refractivity contribution in [3.05, 3.63) is 65.0 Å². The van der Waals surface area contributed by atoms with Crippen LogP contribution in [0, 0.1) is 11.6 Å². The molecule has 1 aromatic carbocycles. The van der Waals surface area contributed by atoms with Crippen molar-refractivity contribution in [3.63, 3.8) is 0 Å². The lowest BCUT2D eigenvalue weighted by Crippen LogP contribution is -2.41. The molecule has 0 aliphatic heterocycles. The van der Waals surface area contributed by atoms with Crippen LogP contribution >= 0.6 is 0 Å². The molecule has 1 heterocycles. The van der Waals surface area contributed by atoms with E-state index in [-0.39, 0.29) is 29.5 Å². The number of benzene rings is 1. The molecule has 1 atom stereocenters. The number of aromatic nitrogens is 1. The molecule has 0 aliphatic carbocycles. The molecule has 140 valence electrons. The van der Waals surface area contributed by atoms with E-state index in [1.54, 1.807) is 18.3 Å². The Morgan fingerprint density at radius 3 is 2.69 bits per heavy atom. The van der Waals surface area contributed by atoms with E-state index in [1.165, 1.54) is 0 Å². The minimum absolute atomic E-state index is 0.189. The van der Waals surface area contributed by atoms with Crippen LogP contribution < -0.4 is 11.1 Å². The van der Waals surface area contributed by atoms with Crippen molar-refractivity contribution < 1.29 is 13.6 Å². The minimum atomic E-state index is -0.487. The van der Waals surface area contributed by atoms with Crippen molar-refractivity contribution in [1.29, 1.82) is 0 Å². The average molecular weight is 361 g/mol. The van der Waals surface area contributed by atoms with Gasteiger partial charge in [-0.1, -0.05) is 0 Å². The predicted octanol–water partition coefficient (Wildman–Crippen LogP) is 3.39. The highest BCUT2D eigenvalue weighted by atomic mass is 19.1. The Labute approximate surface area is 152 Å². The fourth-order valence-electron chi connectivity index (χ4n) is 2.66. The van der Waals surface area contributed by atoms with Crippen LogP contribution in [0.2, 0.25) is 0 Å². The van der Waals surface area contributed by atoms with E-state index in [1.807, 2.05) is 20.8 Å². The first kappa shape index (κ1) is 20.0. The topological polar surface area (TPSA) is 68.0 Å². The van der Waals surface area contributed by atoms with Crippen LogP contribution in [-0.2, 0) is 12.8 Å². The van der Waals surface area contributed by atoms with E-state index in [0.717, 1.165) is 18.2 Å². The lowest BCUT2D eigenvalue weighted by Gasteiger charge is -2.21. The number of hydrogen-bond acceptors (Lipinski definition) is 3. The number of amides is 1. The number of nitrogens with one attached hydrogen (secondary N) is 1. The van der Waals surface area contributed by atoms with Gasteiger partial charge in [-0.3, -0.25) is 9.78 Å². The molecule has 0 aliphatic rings. The number of aryl methyl sites for hydroxylation is 1. The molecule has 0 unspecified atom stereocenters. The summed E-state index contributed by atoms with van der Waals surface area (Å²) in [5.41, 5.74) is 7.13. The van der Waals surface area contributed by atoms with Gasteiger partial charge in [0.15, 0.2) is 0 Å². The minimum Gasteiger partial charge on any atom is -0.347 e. The SMILES string of the molecule is CC(C)(C)NC(=O)c1cccnc1CC[C@H](N)Cc1cc(F)ccc1F. The van der Waals surface area contributed by atoms with Crippen molar-refractivity contribution >= 4 is 5.91 Å². The lowest BCUT2D eigenvalue weighted by molar-refractivity contribution is 0.0918. The highest BCUT2D eigenvalue weighted by Gasteiger charge is 2.19. The summed E-state index contributed by atoms with van der Waals surface area (Å²) in [5, 5.41) is 2.92. The Morgan fingerprint density at radius 1 is 1.27 bits per heavy atom. The molecule has 1 amide bonds. The smallest absolute Gasteiger partial charge is 0.253 e. The normalized spacial score (nSPS) is 12.7. The summed E-state index contributed by atoms with van der Waals surface area (Å²) < 4.78 is 27.0. The number of halogens is 2. The van der Waals surface area contributed by atoms with Gasteiger partial charge >= 0.3 is 0 Å². The number of pyridine rings is 1. The Hall–Kier alpha value is -2.34. The van der Waals surface area contributed by atoms with E-state index in [9.17, 15) is 13.6 Å². The zero-order valence-electron chi connectivity index (χ0n) is 15.4. The largest absolute Gasteiger partial charge is 0.347 e. The molecule has 4 nitrogen and oxygen atoms in total. The van der Waals surface area contributed by atoms with Crippen molar-refractivity contribution in [2.24, 2.45) is 5.73 Å². The number of carbonyl (C=O) groups is 1. The Balaban J connectivity index is 2.03. The summed E-state index contributed by atoms with van der Waals surface area (Å²) in [6, 6.07) is 6.41. The quantitative estimate of drug-likeness (QED) is 0.829. The van der Waals surface area contributed by atoms with Crippen molar-refractivity contribution in [3.8, 4) is 0 Å². The Morgan fingerprint density at radius 2 is 2.00 bits per heavy atom. The first-order valence-electron chi connectivity index (χ1n) is 8.61. The molecule has 2 rings (SSSR count). The number of hydrogen-bond donors (Lipinski definition) is 2. The van der Waals surface area contributed by atoms with Gasteiger partial charge in [-0.25, -0.2) is 8.78 Å². The number of carbonyl (C=O) groups excluding carboxylic acids is 1. The highest BCUT2D eigenvalue weighted by Crippen LogP contribution is 2.15. The van der Waals surface area contributed by atoms with Crippen molar-refractivity contribution in [2.45, 2.75) is 51.6 Å². The number of nitrogens with zero attached hydrogens (tertiary/aromatic N) is 1. The molecule has 2 aromatic rings. The predicted molar refractivity (Wildman–Crippen MR) is 97.8 cm³/mol. The fraction of sp³-hybridized carbons (Fsp3) is 0.400. The molecular weight excluding hydrogens is 336 g/mol. The molecule has 1 aromatic heterocycles. The second kappa shape index (κ2) is 8.36. The standard InChI is InChI=1S/C20H25F2N3O/c1-20(2,3)25-19(26)16-5-4-10-24-18(16)9-7-15(23)12-13-11-14(21)6-8-17(13)22/h4-6,8,10-11,15H,7,9,12,23H2,1-3H3,(H,25,26)/t15-/m0/s1. The van der Waals surface area contributed by atoms with Crippen molar-refractivity contribution in [2.75, 3.05) is 0 Å². The number of rotatable bonds is 6. The summed E-state index contributed by atoms with van der Waals surface area (Å²) in [6.45, 7) is 5.72. The summed E-state index contributed by atoms with van der Waals surface area (Å²) in [7, 11) is 0.